The molecule has 0 spiro atoms. The second kappa shape index (κ2) is 9.75. The van der Waals surface area contributed by atoms with Crippen molar-refractivity contribution in [2.75, 3.05) is 39.4 Å². The third kappa shape index (κ3) is 5.83. The molecule has 1 fully saturated rings. The van der Waals surface area contributed by atoms with Crippen LogP contribution in [0.3, 0.4) is 0 Å². The first-order valence-electron chi connectivity index (χ1n) is 8.93. The number of carbonyl (C=O) groups excluding carboxylic acids is 2. The van der Waals surface area contributed by atoms with E-state index in [4.69, 9.17) is 4.74 Å². The van der Waals surface area contributed by atoms with E-state index in [-0.39, 0.29) is 11.8 Å². The van der Waals surface area contributed by atoms with Gasteiger partial charge in [0.15, 0.2) is 0 Å². The number of amides is 2. The summed E-state index contributed by atoms with van der Waals surface area (Å²) in [6, 6.07) is 5.21. The predicted molar refractivity (Wildman–Crippen MR) is 99.2 cm³/mol. The Labute approximate surface area is 158 Å². The lowest BCUT2D eigenvalue weighted by atomic mass is 10.2. The van der Waals surface area contributed by atoms with E-state index >= 15 is 0 Å². The number of ether oxygens (including phenoxy) is 1. The van der Waals surface area contributed by atoms with Gasteiger partial charge in [0.05, 0.1) is 24.3 Å². The van der Waals surface area contributed by atoms with Gasteiger partial charge >= 0.3 is 0 Å². The number of aromatic nitrogens is 2. The summed E-state index contributed by atoms with van der Waals surface area (Å²) in [7, 11) is 0. The van der Waals surface area contributed by atoms with Gasteiger partial charge < -0.3 is 15.4 Å². The zero-order chi connectivity index (χ0) is 18.9. The molecule has 0 atom stereocenters. The van der Waals surface area contributed by atoms with Gasteiger partial charge in [-0.15, -0.1) is 0 Å². The van der Waals surface area contributed by atoms with Crippen LogP contribution in [0, 0.1) is 0 Å². The zero-order valence-electron chi connectivity index (χ0n) is 15.1. The van der Waals surface area contributed by atoms with Gasteiger partial charge in [-0.25, -0.2) is 0 Å². The molecule has 142 valence electrons. The highest BCUT2D eigenvalue weighted by molar-refractivity contribution is 5.99. The van der Waals surface area contributed by atoms with E-state index in [1.54, 1.807) is 18.5 Å². The summed E-state index contributed by atoms with van der Waals surface area (Å²) in [5.41, 5.74) is 1.67. The molecule has 1 aliphatic rings. The van der Waals surface area contributed by atoms with Gasteiger partial charge in [0.2, 0.25) is 0 Å². The molecule has 0 radical (unpaired) electrons. The number of nitrogens with one attached hydrogen (secondary N) is 2. The lowest BCUT2D eigenvalue weighted by Gasteiger charge is -2.26. The molecule has 8 heteroatoms. The zero-order valence-corrected chi connectivity index (χ0v) is 15.1. The van der Waals surface area contributed by atoms with Crippen LogP contribution in [0.4, 0.5) is 0 Å². The molecule has 27 heavy (non-hydrogen) atoms. The van der Waals surface area contributed by atoms with Gasteiger partial charge in [0.1, 0.15) is 0 Å². The largest absolute Gasteiger partial charge is 0.379 e. The van der Waals surface area contributed by atoms with Gasteiger partial charge in [-0.3, -0.25) is 24.5 Å². The molecule has 8 nitrogen and oxygen atoms in total. The third-order valence-corrected chi connectivity index (χ3v) is 4.28. The Morgan fingerprint density at radius 1 is 1.00 bits per heavy atom. The first-order chi connectivity index (χ1) is 13.2. The third-order valence-electron chi connectivity index (χ3n) is 4.28. The highest BCUT2D eigenvalue weighted by atomic mass is 16.5. The Hall–Kier alpha value is -2.84. The molecule has 0 unspecified atom stereocenters. The highest BCUT2D eigenvalue weighted by Gasteiger charge is 2.13. The number of pyridine rings is 2. The van der Waals surface area contributed by atoms with Crippen LogP contribution in [0.15, 0.2) is 43.0 Å². The average Bonchev–Trinajstić information content (AvgIpc) is 2.73. The van der Waals surface area contributed by atoms with Crippen LogP contribution >= 0.6 is 0 Å². The van der Waals surface area contributed by atoms with E-state index in [0.717, 1.165) is 38.4 Å². The van der Waals surface area contributed by atoms with E-state index < -0.39 is 0 Å². The molecule has 1 aliphatic heterocycles. The Kier molecular flexibility index (Phi) is 6.84. The van der Waals surface area contributed by atoms with Gasteiger partial charge in [-0.05, 0) is 23.8 Å². The van der Waals surface area contributed by atoms with Crippen LogP contribution in [0.25, 0.3) is 0 Å². The van der Waals surface area contributed by atoms with Crippen molar-refractivity contribution in [1.82, 2.24) is 25.5 Å². The molecule has 2 N–H and O–H groups in total. The van der Waals surface area contributed by atoms with Gasteiger partial charge in [0, 0.05) is 57.5 Å². The van der Waals surface area contributed by atoms with E-state index in [9.17, 15) is 9.59 Å². The van der Waals surface area contributed by atoms with Crippen molar-refractivity contribution in [2.24, 2.45) is 0 Å². The Morgan fingerprint density at radius 3 is 2.37 bits per heavy atom. The lowest BCUT2D eigenvalue weighted by Crippen LogP contribution is -2.41. The van der Waals surface area contributed by atoms with Crippen LogP contribution in [-0.2, 0) is 11.3 Å². The second-order valence-corrected chi connectivity index (χ2v) is 6.21. The fourth-order valence-corrected chi connectivity index (χ4v) is 2.73. The van der Waals surface area contributed by atoms with Crippen molar-refractivity contribution in [3.63, 3.8) is 0 Å². The number of rotatable bonds is 7. The molecular weight excluding hydrogens is 346 g/mol. The van der Waals surface area contributed by atoms with E-state index in [2.05, 4.69) is 25.5 Å². The molecule has 0 aromatic carbocycles. The smallest absolute Gasteiger partial charge is 0.253 e. The minimum atomic E-state index is -0.276. The summed E-state index contributed by atoms with van der Waals surface area (Å²) in [4.78, 5) is 34.8. The van der Waals surface area contributed by atoms with Crippen LogP contribution < -0.4 is 10.6 Å². The van der Waals surface area contributed by atoms with Crippen molar-refractivity contribution >= 4 is 11.8 Å². The lowest BCUT2D eigenvalue weighted by molar-refractivity contribution is 0.0383. The van der Waals surface area contributed by atoms with Crippen molar-refractivity contribution in [1.29, 1.82) is 0 Å². The monoisotopic (exact) mass is 369 g/mol. The van der Waals surface area contributed by atoms with Crippen LogP contribution in [0.5, 0.6) is 0 Å². The minimum Gasteiger partial charge on any atom is -0.379 e. The maximum atomic E-state index is 12.3. The van der Waals surface area contributed by atoms with Crippen LogP contribution in [0.2, 0.25) is 0 Å². The molecule has 1 saturated heterocycles. The van der Waals surface area contributed by atoms with E-state index in [1.807, 2.05) is 12.1 Å². The highest BCUT2D eigenvalue weighted by Crippen LogP contribution is 2.04. The molecule has 3 heterocycles. The fourth-order valence-electron chi connectivity index (χ4n) is 2.73. The fraction of sp³-hybridized carbons (Fsp3) is 0.368. The number of nitrogens with zero attached hydrogens (tertiary/aromatic N) is 3. The van der Waals surface area contributed by atoms with Crippen molar-refractivity contribution < 1.29 is 14.3 Å². The normalized spacial score (nSPS) is 14.5. The molecule has 0 aliphatic carbocycles. The van der Waals surface area contributed by atoms with Gasteiger partial charge in [0.25, 0.3) is 11.8 Å². The van der Waals surface area contributed by atoms with Crippen LogP contribution in [-0.4, -0.2) is 66.1 Å². The summed E-state index contributed by atoms with van der Waals surface area (Å²) in [6.07, 6.45) is 6.26. The average molecular weight is 369 g/mol. The maximum Gasteiger partial charge on any atom is 0.253 e. The predicted octanol–water partition coefficient (Wildman–Crippen LogP) is 0.469. The van der Waals surface area contributed by atoms with Crippen molar-refractivity contribution in [2.45, 2.75) is 6.54 Å². The second-order valence-electron chi connectivity index (χ2n) is 6.21. The van der Waals surface area contributed by atoms with Crippen LogP contribution in [0.1, 0.15) is 26.3 Å². The SMILES string of the molecule is O=C(NCCN1CCOCC1)c1cncc(C(=O)NCc2ccncc2)c1. The Balaban J connectivity index is 1.49. The molecular formula is C19H23N5O3. The summed E-state index contributed by atoms with van der Waals surface area (Å²) < 4.78 is 5.30. The first-order valence-corrected chi connectivity index (χ1v) is 8.93. The summed E-state index contributed by atoms with van der Waals surface area (Å²) in [6.45, 7) is 4.92. The summed E-state index contributed by atoms with van der Waals surface area (Å²) in [5, 5.41) is 5.68. The molecule has 2 amide bonds. The molecule has 0 bridgehead atoms. The summed E-state index contributed by atoms with van der Waals surface area (Å²) >= 11 is 0. The quantitative estimate of drug-likeness (QED) is 0.736. The molecule has 0 saturated carbocycles. The molecule has 2 aromatic heterocycles. The number of hydrogen-bond donors (Lipinski definition) is 2. The van der Waals surface area contributed by atoms with E-state index in [1.165, 1.54) is 12.4 Å². The van der Waals surface area contributed by atoms with E-state index in [0.29, 0.717) is 24.2 Å². The topological polar surface area (TPSA) is 96.5 Å². The van der Waals surface area contributed by atoms with Gasteiger partial charge in [-0.1, -0.05) is 0 Å². The standard InChI is InChI=1S/C19H23N5O3/c25-18(22-5-6-24-7-9-27-10-8-24)16-11-17(14-21-13-16)19(26)23-12-15-1-3-20-4-2-15/h1-4,11,13-14H,5-10,12H2,(H,22,25)(H,23,26). The first kappa shape index (κ1) is 18.9. The number of carbonyl (C=O) groups is 2. The van der Waals surface area contributed by atoms with Gasteiger partial charge in [-0.2, -0.15) is 0 Å². The minimum absolute atomic E-state index is 0.237. The Morgan fingerprint density at radius 2 is 1.67 bits per heavy atom. The van der Waals surface area contributed by atoms with Crippen molar-refractivity contribution in [3.8, 4) is 0 Å². The summed E-state index contributed by atoms with van der Waals surface area (Å²) in [5.74, 6) is -0.512. The Bertz CT molecular complexity index is 763. The maximum absolute atomic E-state index is 12.3. The number of hydrogen-bond acceptors (Lipinski definition) is 6. The van der Waals surface area contributed by atoms with Crippen molar-refractivity contribution in [3.05, 3.63) is 59.7 Å². The molecule has 2 aromatic rings. The molecule has 3 rings (SSSR count). The number of morpholine rings is 1.